The molecule has 0 saturated heterocycles. The maximum Gasteiger partial charge on any atom is 0.251 e. The number of pyridine rings is 1. The highest BCUT2D eigenvalue weighted by molar-refractivity contribution is 6.31. The zero-order valence-corrected chi connectivity index (χ0v) is 26.2. The van der Waals surface area contributed by atoms with Gasteiger partial charge >= 0.3 is 0 Å². The number of benzene rings is 3. The number of primary amides is 1. The maximum atomic E-state index is 15.3. The molecular weight excluding hydrogens is 632 g/mol. The topological polar surface area (TPSA) is 150 Å². The van der Waals surface area contributed by atoms with Crippen LogP contribution in [-0.4, -0.2) is 52.4 Å². The minimum absolute atomic E-state index is 0.0257. The van der Waals surface area contributed by atoms with E-state index in [-0.39, 0.29) is 45.5 Å². The van der Waals surface area contributed by atoms with Crippen molar-refractivity contribution in [3.63, 3.8) is 0 Å². The number of aryl methyl sites for hydroxylation is 1. The summed E-state index contributed by atoms with van der Waals surface area (Å²) in [6.07, 6.45) is 0. The Kier molecular flexibility index (Phi) is 8.02. The second kappa shape index (κ2) is 11.9. The van der Waals surface area contributed by atoms with Crippen molar-refractivity contribution in [1.82, 2.24) is 20.5 Å². The van der Waals surface area contributed by atoms with E-state index >= 15 is 4.39 Å². The van der Waals surface area contributed by atoms with E-state index < -0.39 is 41.0 Å². The van der Waals surface area contributed by atoms with E-state index in [0.29, 0.717) is 34.0 Å². The number of nitrogens with two attached hydrogens (primary N) is 1. The van der Waals surface area contributed by atoms with E-state index in [1.165, 1.54) is 19.2 Å². The number of nitrogens with zero attached hydrogens (tertiary/aromatic N) is 3. The fourth-order valence-corrected chi connectivity index (χ4v) is 5.73. The van der Waals surface area contributed by atoms with Crippen LogP contribution in [0.4, 0.5) is 8.78 Å². The van der Waals surface area contributed by atoms with E-state index in [1.54, 1.807) is 56.3 Å². The molecule has 0 fully saturated rings. The summed E-state index contributed by atoms with van der Waals surface area (Å²) >= 11 is 6.03. The summed E-state index contributed by atoms with van der Waals surface area (Å²) in [6.45, 7) is 2.70. The number of ether oxygens (including phenoxy) is 2. The van der Waals surface area contributed by atoms with Crippen molar-refractivity contribution in [1.29, 1.82) is 0 Å². The zero-order chi connectivity index (χ0) is 33.7. The van der Waals surface area contributed by atoms with Crippen LogP contribution in [0.2, 0.25) is 5.02 Å². The third kappa shape index (κ3) is 5.49. The number of rotatable bonds is 8. The molecule has 0 radical (unpaired) electrons. The molecular formula is C34H28ClF2N5O5. The number of aliphatic hydroxyl groups is 1. The lowest BCUT2D eigenvalue weighted by Crippen LogP contribution is -2.43. The summed E-state index contributed by atoms with van der Waals surface area (Å²) in [5.74, 6) is -2.93. The number of methoxy groups -OCH3 is 1. The number of nitrogens with one attached hydrogen (secondary N) is 1. The fourth-order valence-electron chi connectivity index (χ4n) is 5.57. The van der Waals surface area contributed by atoms with Crippen molar-refractivity contribution < 1.29 is 33.0 Å². The van der Waals surface area contributed by atoms with Gasteiger partial charge in [-0.05, 0) is 49.7 Å². The van der Waals surface area contributed by atoms with Crippen LogP contribution in [0.3, 0.4) is 0 Å². The molecule has 2 amide bonds. The third-order valence-electron chi connectivity index (χ3n) is 8.32. The predicted octanol–water partition coefficient (Wildman–Crippen LogP) is 4.74. The molecule has 2 atom stereocenters. The van der Waals surface area contributed by atoms with Gasteiger partial charge in [0.1, 0.15) is 52.0 Å². The Morgan fingerprint density at radius 3 is 2.55 bits per heavy atom. The van der Waals surface area contributed by atoms with E-state index in [4.69, 9.17) is 26.8 Å². The van der Waals surface area contributed by atoms with Gasteiger partial charge in [0.25, 0.3) is 5.91 Å². The number of hydrogen-bond donors (Lipinski definition) is 3. The SMILES string of the molecule is COc1cc(C(=O)NC[C@@](O)(c2ccccc2)c2cc3c(c(-c4cc(Cl)c(F)cc4F)n2)OC[C@]3(C)C(N)=O)cc2cc(C)nnc12. The Bertz CT molecular complexity index is 2080. The first-order valence-corrected chi connectivity index (χ1v) is 14.8. The van der Waals surface area contributed by atoms with Crippen molar-refractivity contribution in [2.45, 2.75) is 24.9 Å². The van der Waals surface area contributed by atoms with Gasteiger partial charge in [-0.25, -0.2) is 13.8 Å². The number of fused-ring (bicyclic) bond motifs is 2. The molecule has 3 aromatic carbocycles. The minimum Gasteiger partial charge on any atom is -0.494 e. The van der Waals surface area contributed by atoms with Crippen molar-refractivity contribution in [2.24, 2.45) is 5.73 Å². The number of hydrogen-bond acceptors (Lipinski definition) is 8. The maximum absolute atomic E-state index is 15.3. The molecule has 13 heteroatoms. The van der Waals surface area contributed by atoms with Crippen LogP contribution in [-0.2, 0) is 15.8 Å². The summed E-state index contributed by atoms with van der Waals surface area (Å²) < 4.78 is 40.8. The molecule has 3 heterocycles. The van der Waals surface area contributed by atoms with E-state index in [0.717, 1.165) is 6.07 Å². The molecule has 0 spiro atoms. The van der Waals surface area contributed by atoms with Gasteiger partial charge in [-0.2, -0.15) is 5.10 Å². The van der Waals surface area contributed by atoms with E-state index in [9.17, 15) is 19.1 Å². The first-order chi connectivity index (χ1) is 22.4. The van der Waals surface area contributed by atoms with Crippen LogP contribution in [0.25, 0.3) is 22.2 Å². The molecule has 0 bridgehead atoms. The third-order valence-corrected chi connectivity index (χ3v) is 8.61. The minimum atomic E-state index is -2.05. The van der Waals surface area contributed by atoms with Crippen LogP contribution < -0.4 is 20.5 Å². The predicted molar refractivity (Wildman–Crippen MR) is 169 cm³/mol. The first kappa shape index (κ1) is 31.8. The van der Waals surface area contributed by atoms with E-state index in [2.05, 4.69) is 20.5 Å². The Labute approximate surface area is 272 Å². The Balaban J connectivity index is 1.50. The molecule has 1 aliphatic rings. The Morgan fingerprint density at radius 2 is 1.85 bits per heavy atom. The summed E-state index contributed by atoms with van der Waals surface area (Å²) in [5.41, 5.74) is 3.77. The number of halogens is 3. The molecule has 10 nitrogen and oxygen atoms in total. The lowest BCUT2D eigenvalue weighted by Gasteiger charge is -2.30. The lowest BCUT2D eigenvalue weighted by atomic mass is 9.80. The van der Waals surface area contributed by atoms with Gasteiger partial charge in [0.05, 0.1) is 30.1 Å². The molecule has 5 aromatic rings. The van der Waals surface area contributed by atoms with Crippen LogP contribution in [0.1, 0.15) is 39.8 Å². The Morgan fingerprint density at radius 1 is 1.11 bits per heavy atom. The highest BCUT2D eigenvalue weighted by Crippen LogP contribution is 2.47. The van der Waals surface area contributed by atoms with Gasteiger partial charge in [0, 0.05) is 28.1 Å². The molecule has 0 aliphatic carbocycles. The van der Waals surface area contributed by atoms with Crippen molar-refractivity contribution in [2.75, 3.05) is 20.3 Å². The molecule has 4 N–H and O–H groups in total. The zero-order valence-electron chi connectivity index (χ0n) is 25.4. The Hall–Kier alpha value is -5.20. The molecule has 1 aliphatic heterocycles. The monoisotopic (exact) mass is 659 g/mol. The second-order valence-electron chi connectivity index (χ2n) is 11.5. The standard InChI is InChI=1S/C34H28ClF2N5O5/c1-17-9-18-10-19(11-26(46-3)28(18)42-41-17)31(43)39-15-34(45,20-7-5-4-6-8-20)27-13-22-30(47-16-33(22,2)32(38)44)29(40-27)21-12-23(35)25(37)14-24(21)36/h4-14,45H,15-16H2,1-3H3,(H2,38,44)(H,39,43)/t33-,34+/m0/s1. The number of aromatic nitrogens is 3. The number of carbonyl (C=O) groups is 2. The quantitative estimate of drug-likeness (QED) is 0.202. The van der Waals surface area contributed by atoms with Crippen LogP contribution >= 0.6 is 11.6 Å². The van der Waals surface area contributed by atoms with Gasteiger partial charge < -0.3 is 25.6 Å². The average molecular weight is 660 g/mol. The smallest absolute Gasteiger partial charge is 0.251 e. The number of amides is 2. The molecule has 240 valence electrons. The first-order valence-electron chi connectivity index (χ1n) is 14.4. The van der Waals surface area contributed by atoms with Gasteiger partial charge in [-0.1, -0.05) is 41.9 Å². The van der Waals surface area contributed by atoms with Gasteiger partial charge in [0.15, 0.2) is 0 Å². The van der Waals surface area contributed by atoms with Crippen LogP contribution in [0.15, 0.2) is 66.7 Å². The van der Waals surface area contributed by atoms with Gasteiger partial charge in [-0.15, -0.1) is 5.10 Å². The van der Waals surface area contributed by atoms with Gasteiger partial charge in [0.2, 0.25) is 5.91 Å². The van der Waals surface area contributed by atoms with Gasteiger partial charge in [-0.3, -0.25) is 9.59 Å². The summed E-state index contributed by atoms with van der Waals surface area (Å²) in [5, 5.41) is 23.7. The highest BCUT2D eigenvalue weighted by atomic mass is 35.5. The van der Waals surface area contributed by atoms with E-state index in [1.807, 2.05) is 0 Å². The highest BCUT2D eigenvalue weighted by Gasteiger charge is 2.46. The van der Waals surface area contributed by atoms with Crippen molar-refractivity contribution in [3.05, 3.63) is 111 Å². The summed E-state index contributed by atoms with van der Waals surface area (Å²) in [7, 11) is 1.45. The summed E-state index contributed by atoms with van der Waals surface area (Å²) in [4.78, 5) is 30.9. The van der Waals surface area contributed by atoms with Crippen molar-refractivity contribution >= 4 is 34.3 Å². The second-order valence-corrected chi connectivity index (χ2v) is 11.9. The molecule has 47 heavy (non-hydrogen) atoms. The average Bonchev–Trinajstić information content (AvgIpc) is 3.42. The lowest BCUT2D eigenvalue weighted by molar-refractivity contribution is -0.123. The normalized spacial score (nSPS) is 16.7. The van der Waals surface area contributed by atoms with Crippen molar-refractivity contribution in [3.8, 4) is 22.8 Å². The summed E-state index contributed by atoms with van der Waals surface area (Å²) in [6, 6.07) is 16.3. The number of carbonyl (C=O) groups excluding carboxylic acids is 2. The van der Waals surface area contributed by atoms with Crippen LogP contribution in [0, 0.1) is 18.6 Å². The molecule has 0 unspecified atom stereocenters. The molecule has 0 saturated carbocycles. The fraction of sp³-hybridized carbons (Fsp3) is 0.206. The molecule has 6 rings (SSSR count). The molecule has 2 aromatic heterocycles. The largest absolute Gasteiger partial charge is 0.494 e. The van der Waals surface area contributed by atoms with Crippen LogP contribution in [0.5, 0.6) is 11.5 Å².